The normalized spacial score (nSPS) is 21.0. The summed E-state index contributed by atoms with van der Waals surface area (Å²) in [5.74, 6) is 0.620. The highest BCUT2D eigenvalue weighted by atomic mass is 15.1. The summed E-state index contributed by atoms with van der Waals surface area (Å²) in [6.45, 7) is 8.71. The molecule has 0 spiro atoms. The maximum absolute atomic E-state index is 5.94. The molecule has 0 saturated heterocycles. The number of nitrogens with two attached hydrogens (primary N) is 1. The molecule has 0 saturated carbocycles. The molecule has 2 atom stereocenters. The van der Waals surface area contributed by atoms with Gasteiger partial charge in [-0.15, -0.1) is 0 Å². The van der Waals surface area contributed by atoms with Gasteiger partial charge in [-0.3, -0.25) is 0 Å². The predicted molar refractivity (Wildman–Crippen MR) is 70.1 cm³/mol. The van der Waals surface area contributed by atoms with Gasteiger partial charge in [-0.1, -0.05) is 17.7 Å². The minimum atomic E-state index is 0.287. The van der Waals surface area contributed by atoms with Gasteiger partial charge in [0.1, 0.15) is 0 Å². The Kier molecular flexibility index (Phi) is 3.20. The molecule has 2 nitrogen and oxygen atoms in total. The van der Waals surface area contributed by atoms with Crippen LogP contribution in [0.25, 0.3) is 0 Å². The third-order valence-electron chi connectivity index (χ3n) is 3.44. The first-order valence-corrected chi connectivity index (χ1v) is 6.23. The molecule has 1 aliphatic rings. The van der Waals surface area contributed by atoms with Crippen molar-refractivity contribution in [2.24, 2.45) is 5.73 Å². The molecule has 88 valence electrons. The highest BCUT2D eigenvalue weighted by Gasteiger charge is 2.27. The maximum Gasteiger partial charge on any atom is 0.0402 e. The molecule has 0 aromatic heterocycles. The molecule has 0 amide bonds. The third kappa shape index (κ3) is 2.07. The standard InChI is InChI=1S/C14H22N2/c1-4-16-9-12(8-11(3)15)13-7-10(2)5-6-14(13)16/h5-7,11-12H,4,8-9,15H2,1-3H3. The number of likely N-dealkylation sites (N-methyl/N-ethyl adjacent to an activating group) is 1. The summed E-state index contributed by atoms with van der Waals surface area (Å²) in [6.07, 6.45) is 1.09. The second-order valence-electron chi connectivity index (χ2n) is 5.01. The van der Waals surface area contributed by atoms with E-state index in [1.807, 2.05) is 0 Å². The van der Waals surface area contributed by atoms with Crippen LogP contribution in [0.15, 0.2) is 18.2 Å². The lowest BCUT2D eigenvalue weighted by atomic mass is 9.94. The van der Waals surface area contributed by atoms with Gasteiger partial charge in [0.15, 0.2) is 0 Å². The van der Waals surface area contributed by atoms with Crippen molar-refractivity contribution in [2.45, 2.75) is 39.2 Å². The maximum atomic E-state index is 5.94. The van der Waals surface area contributed by atoms with Gasteiger partial charge in [-0.2, -0.15) is 0 Å². The van der Waals surface area contributed by atoms with E-state index in [4.69, 9.17) is 5.73 Å². The second-order valence-corrected chi connectivity index (χ2v) is 5.01. The Morgan fingerprint density at radius 2 is 2.25 bits per heavy atom. The van der Waals surface area contributed by atoms with Crippen LogP contribution in [-0.2, 0) is 0 Å². The molecular weight excluding hydrogens is 196 g/mol. The zero-order valence-electron chi connectivity index (χ0n) is 10.5. The van der Waals surface area contributed by atoms with Gasteiger partial charge >= 0.3 is 0 Å². The van der Waals surface area contributed by atoms with Crippen LogP contribution in [0.5, 0.6) is 0 Å². The Bertz CT molecular complexity index is 371. The van der Waals surface area contributed by atoms with Gasteiger partial charge < -0.3 is 10.6 Å². The minimum Gasteiger partial charge on any atom is -0.371 e. The van der Waals surface area contributed by atoms with E-state index in [0.717, 1.165) is 19.5 Å². The number of hydrogen-bond acceptors (Lipinski definition) is 2. The second kappa shape index (κ2) is 4.46. The van der Waals surface area contributed by atoms with Gasteiger partial charge in [0.2, 0.25) is 0 Å². The van der Waals surface area contributed by atoms with Crippen LogP contribution in [0, 0.1) is 6.92 Å². The average molecular weight is 218 g/mol. The number of aryl methyl sites for hydroxylation is 1. The van der Waals surface area contributed by atoms with Crippen molar-refractivity contribution in [1.82, 2.24) is 0 Å². The fraction of sp³-hybridized carbons (Fsp3) is 0.571. The summed E-state index contributed by atoms with van der Waals surface area (Å²) >= 11 is 0. The van der Waals surface area contributed by atoms with E-state index in [2.05, 4.69) is 43.9 Å². The van der Waals surface area contributed by atoms with E-state index in [1.165, 1.54) is 16.8 Å². The lowest BCUT2D eigenvalue weighted by Gasteiger charge is -2.17. The van der Waals surface area contributed by atoms with Crippen LogP contribution in [0.4, 0.5) is 5.69 Å². The van der Waals surface area contributed by atoms with Crippen LogP contribution in [0.1, 0.15) is 37.3 Å². The van der Waals surface area contributed by atoms with E-state index in [-0.39, 0.29) is 6.04 Å². The SMILES string of the molecule is CCN1CC(CC(C)N)c2cc(C)ccc21. The van der Waals surface area contributed by atoms with Crippen LogP contribution in [0.2, 0.25) is 0 Å². The van der Waals surface area contributed by atoms with E-state index >= 15 is 0 Å². The fourth-order valence-corrected chi connectivity index (χ4v) is 2.70. The molecule has 1 aliphatic heterocycles. The highest BCUT2D eigenvalue weighted by Crippen LogP contribution is 2.38. The van der Waals surface area contributed by atoms with Crippen LogP contribution < -0.4 is 10.6 Å². The van der Waals surface area contributed by atoms with Gasteiger partial charge in [0, 0.05) is 30.7 Å². The van der Waals surface area contributed by atoms with Crippen molar-refractivity contribution < 1.29 is 0 Å². The lowest BCUT2D eigenvalue weighted by molar-refractivity contribution is 0.567. The molecule has 2 heteroatoms. The van der Waals surface area contributed by atoms with Crippen molar-refractivity contribution >= 4 is 5.69 Å². The largest absolute Gasteiger partial charge is 0.371 e. The Morgan fingerprint density at radius 1 is 1.50 bits per heavy atom. The predicted octanol–water partition coefficient (Wildman–Crippen LogP) is 2.66. The number of nitrogens with zero attached hydrogens (tertiary/aromatic N) is 1. The molecule has 1 aromatic carbocycles. The smallest absolute Gasteiger partial charge is 0.0402 e. The molecule has 2 unspecified atom stereocenters. The number of benzene rings is 1. The molecule has 0 fully saturated rings. The Hall–Kier alpha value is -1.02. The van der Waals surface area contributed by atoms with Crippen molar-refractivity contribution in [3.8, 4) is 0 Å². The Labute approximate surface area is 98.4 Å². The summed E-state index contributed by atoms with van der Waals surface area (Å²) in [4.78, 5) is 2.46. The van der Waals surface area contributed by atoms with Crippen molar-refractivity contribution in [3.05, 3.63) is 29.3 Å². The summed E-state index contributed by atoms with van der Waals surface area (Å²) in [7, 11) is 0. The first-order chi connectivity index (χ1) is 7.61. The third-order valence-corrected chi connectivity index (χ3v) is 3.44. The lowest BCUT2D eigenvalue weighted by Crippen LogP contribution is -2.24. The van der Waals surface area contributed by atoms with E-state index < -0.39 is 0 Å². The molecule has 2 N–H and O–H groups in total. The molecular formula is C14H22N2. The topological polar surface area (TPSA) is 29.3 Å². The summed E-state index contributed by atoms with van der Waals surface area (Å²) < 4.78 is 0. The summed E-state index contributed by atoms with van der Waals surface area (Å²) in [5, 5.41) is 0. The molecule has 2 rings (SSSR count). The van der Waals surface area contributed by atoms with E-state index in [9.17, 15) is 0 Å². The number of fused-ring (bicyclic) bond motifs is 1. The van der Waals surface area contributed by atoms with Crippen molar-refractivity contribution in [2.75, 3.05) is 18.0 Å². The van der Waals surface area contributed by atoms with Crippen LogP contribution in [0.3, 0.4) is 0 Å². The van der Waals surface area contributed by atoms with Crippen LogP contribution in [-0.4, -0.2) is 19.1 Å². The zero-order chi connectivity index (χ0) is 11.7. The molecule has 1 heterocycles. The minimum absolute atomic E-state index is 0.287. The summed E-state index contributed by atoms with van der Waals surface area (Å²) in [5.41, 5.74) is 10.2. The number of hydrogen-bond donors (Lipinski definition) is 1. The van der Waals surface area contributed by atoms with Crippen molar-refractivity contribution in [3.63, 3.8) is 0 Å². The number of anilines is 1. The van der Waals surface area contributed by atoms with E-state index in [1.54, 1.807) is 0 Å². The van der Waals surface area contributed by atoms with Gasteiger partial charge in [0.05, 0.1) is 0 Å². The number of rotatable bonds is 3. The Morgan fingerprint density at radius 3 is 2.88 bits per heavy atom. The summed E-state index contributed by atoms with van der Waals surface area (Å²) in [6, 6.07) is 7.08. The van der Waals surface area contributed by atoms with Gasteiger partial charge in [-0.05, 0) is 38.8 Å². The van der Waals surface area contributed by atoms with Crippen LogP contribution >= 0.6 is 0 Å². The molecule has 0 bridgehead atoms. The Balaban J connectivity index is 2.31. The first kappa shape index (κ1) is 11.5. The molecule has 1 aromatic rings. The van der Waals surface area contributed by atoms with Crippen molar-refractivity contribution in [1.29, 1.82) is 0 Å². The highest BCUT2D eigenvalue weighted by molar-refractivity contribution is 5.61. The molecule has 0 aliphatic carbocycles. The average Bonchev–Trinajstić information content (AvgIpc) is 2.55. The quantitative estimate of drug-likeness (QED) is 0.845. The van der Waals surface area contributed by atoms with Gasteiger partial charge in [0.25, 0.3) is 0 Å². The first-order valence-electron chi connectivity index (χ1n) is 6.23. The zero-order valence-corrected chi connectivity index (χ0v) is 10.5. The monoisotopic (exact) mass is 218 g/mol. The van der Waals surface area contributed by atoms with E-state index in [0.29, 0.717) is 5.92 Å². The molecule has 16 heavy (non-hydrogen) atoms. The fourth-order valence-electron chi connectivity index (χ4n) is 2.70. The van der Waals surface area contributed by atoms with Gasteiger partial charge in [-0.25, -0.2) is 0 Å². The molecule has 0 radical (unpaired) electrons.